The quantitative estimate of drug-likeness (QED) is 0.791. The Morgan fingerprint density at radius 2 is 2.00 bits per heavy atom. The first-order valence-corrected chi connectivity index (χ1v) is 5.38. The van der Waals surface area contributed by atoms with E-state index in [1.165, 1.54) is 6.07 Å². The van der Waals surface area contributed by atoms with Crippen LogP contribution in [0.2, 0.25) is 0 Å². The Morgan fingerprint density at radius 1 is 1.25 bits per heavy atom. The van der Waals surface area contributed by atoms with Crippen LogP contribution in [0.3, 0.4) is 0 Å². The van der Waals surface area contributed by atoms with Gasteiger partial charge in [0.1, 0.15) is 10.4 Å². The molecular formula is C11H8BrFN2O. The summed E-state index contributed by atoms with van der Waals surface area (Å²) < 4.78 is 19.2. The van der Waals surface area contributed by atoms with Gasteiger partial charge in [-0.1, -0.05) is 12.1 Å². The molecule has 1 aromatic carbocycles. The van der Waals surface area contributed by atoms with Gasteiger partial charge in [-0.25, -0.2) is 9.37 Å². The molecule has 0 unspecified atom stereocenters. The summed E-state index contributed by atoms with van der Waals surface area (Å²) in [6.45, 7) is 1.74. The lowest BCUT2D eigenvalue weighted by molar-refractivity contribution is 0.425. The molecule has 0 bridgehead atoms. The van der Waals surface area contributed by atoms with Gasteiger partial charge in [-0.15, -0.1) is 0 Å². The van der Waals surface area contributed by atoms with E-state index in [1.807, 2.05) is 0 Å². The third-order valence-electron chi connectivity index (χ3n) is 1.83. The van der Waals surface area contributed by atoms with Gasteiger partial charge in [-0.3, -0.25) is 0 Å². The highest BCUT2D eigenvalue weighted by molar-refractivity contribution is 9.10. The molecule has 2 aromatic rings. The second kappa shape index (κ2) is 4.57. The lowest BCUT2D eigenvalue weighted by Crippen LogP contribution is -1.94. The van der Waals surface area contributed by atoms with Crippen molar-refractivity contribution < 1.29 is 9.13 Å². The van der Waals surface area contributed by atoms with Gasteiger partial charge in [0.15, 0.2) is 11.6 Å². The molecule has 1 heterocycles. The standard InChI is InChI=1S/C11H8BrFN2O/c1-7-14-10(12)6-11(15-7)16-9-5-3-2-4-8(9)13/h2-6H,1H3. The van der Waals surface area contributed by atoms with Crippen LogP contribution in [-0.2, 0) is 0 Å². The highest BCUT2D eigenvalue weighted by Crippen LogP contribution is 2.23. The van der Waals surface area contributed by atoms with Crippen LogP contribution in [0.15, 0.2) is 34.9 Å². The van der Waals surface area contributed by atoms with E-state index in [2.05, 4.69) is 25.9 Å². The second-order valence-electron chi connectivity index (χ2n) is 3.11. The molecule has 0 radical (unpaired) electrons. The van der Waals surface area contributed by atoms with E-state index in [0.717, 1.165) is 0 Å². The fraction of sp³-hybridized carbons (Fsp3) is 0.0909. The lowest BCUT2D eigenvalue weighted by Gasteiger charge is -2.06. The van der Waals surface area contributed by atoms with E-state index < -0.39 is 5.82 Å². The first kappa shape index (κ1) is 11.0. The zero-order valence-corrected chi connectivity index (χ0v) is 10.0. The van der Waals surface area contributed by atoms with Gasteiger partial charge < -0.3 is 4.74 Å². The van der Waals surface area contributed by atoms with E-state index in [1.54, 1.807) is 31.2 Å². The van der Waals surface area contributed by atoms with Crippen LogP contribution in [0.5, 0.6) is 11.6 Å². The minimum Gasteiger partial charge on any atom is -0.436 e. The zero-order chi connectivity index (χ0) is 11.5. The third kappa shape index (κ3) is 2.55. The number of hydrogen-bond acceptors (Lipinski definition) is 3. The van der Waals surface area contributed by atoms with Crippen LogP contribution >= 0.6 is 15.9 Å². The zero-order valence-electron chi connectivity index (χ0n) is 8.45. The van der Waals surface area contributed by atoms with Crippen molar-refractivity contribution in [3.05, 3.63) is 46.6 Å². The Bertz CT molecular complexity index is 499. The summed E-state index contributed by atoms with van der Waals surface area (Å²) in [6, 6.07) is 7.75. The summed E-state index contributed by atoms with van der Waals surface area (Å²) in [5, 5.41) is 0. The van der Waals surface area contributed by atoms with E-state index in [-0.39, 0.29) is 5.75 Å². The fourth-order valence-electron chi connectivity index (χ4n) is 1.20. The van der Waals surface area contributed by atoms with Crippen molar-refractivity contribution in [2.75, 3.05) is 0 Å². The summed E-state index contributed by atoms with van der Waals surface area (Å²) in [5.41, 5.74) is 0. The van der Waals surface area contributed by atoms with Gasteiger partial charge in [-0.2, -0.15) is 4.98 Å². The van der Waals surface area contributed by atoms with Crippen LogP contribution < -0.4 is 4.74 Å². The van der Waals surface area contributed by atoms with Crippen LogP contribution in [0, 0.1) is 12.7 Å². The second-order valence-corrected chi connectivity index (χ2v) is 3.92. The molecule has 0 saturated heterocycles. The summed E-state index contributed by atoms with van der Waals surface area (Å²) in [7, 11) is 0. The molecule has 82 valence electrons. The minimum absolute atomic E-state index is 0.146. The van der Waals surface area contributed by atoms with Crippen molar-refractivity contribution in [3.63, 3.8) is 0 Å². The minimum atomic E-state index is -0.421. The Hall–Kier alpha value is -1.49. The van der Waals surface area contributed by atoms with Gasteiger partial charge in [0.25, 0.3) is 0 Å². The van der Waals surface area contributed by atoms with Crippen LogP contribution in [0.1, 0.15) is 5.82 Å². The monoisotopic (exact) mass is 282 g/mol. The topological polar surface area (TPSA) is 35.0 Å². The molecule has 0 fully saturated rings. The maximum atomic E-state index is 13.3. The predicted octanol–water partition coefficient (Wildman–Crippen LogP) is 3.48. The Balaban J connectivity index is 2.30. The molecule has 2 rings (SSSR count). The molecule has 0 N–H and O–H groups in total. The van der Waals surface area contributed by atoms with E-state index in [9.17, 15) is 4.39 Å². The number of para-hydroxylation sites is 1. The summed E-state index contributed by atoms with van der Waals surface area (Å²) in [4.78, 5) is 8.07. The normalized spacial score (nSPS) is 10.2. The van der Waals surface area contributed by atoms with Crippen molar-refractivity contribution in [3.8, 4) is 11.6 Å². The van der Waals surface area contributed by atoms with Crippen molar-refractivity contribution in [1.29, 1.82) is 0 Å². The third-order valence-corrected chi connectivity index (χ3v) is 2.24. The molecule has 0 spiro atoms. The molecule has 0 aliphatic heterocycles. The first-order chi connectivity index (χ1) is 7.65. The maximum absolute atomic E-state index is 13.3. The van der Waals surface area contributed by atoms with Gasteiger partial charge in [0.05, 0.1) is 0 Å². The number of nitrogens with zero attached hydrogens (tertiary/aromatic N) is 2. The summed E-state index contributed by atoms with van der Waals surface area (Å²) in [5.74, 6) is 0.590. The predicted molar refractivity (Wildman–Crippen MR) is 60.9 cm³/mol. The summed E-state index contributed by atoms with van der Waals surface area (Å²) >= 11 is 3.22. The highest BCUT2D eigenvalue weighted by atomic mass is 79.9. The maximum Gasteiger partial charge on any atom is 0.223 e. The van der Waals surface area contributed by atoms with Gasteiger partial charge in [0.2, 0.25) is 5.88 Å². The van der Waals surface area contributed by atoms with E-state index in [0.29, 0.717) is 16.3 Å². The number of aromatic nitrogens is 2. The first-order valence-electron chi connectivity index (χ1n) is 4.59. The van der Waals surface area contributed by atoms with Crippen molar-refractivity contribution in [2.24, 2.45) is 0 Å². The molecule has 1 aromatic heterocycles. The molecular weight excluding hydrogens is 275 g/mol. The number of halogens is 2. The average Bonchev–Trinajstić information content (AvgIpc) is 2.20. The van der Waals surface area contributed by atoms with Gasteiger partial charge >= 0.3 is 0 Å². The molecule has 0 amide bonds. The van der Waals surface area contributed by atoms with Gasteiger partial charge in [-0.05, 0) is 35.0 Å². The smallest absolute Gasteiger partial charge is 0.223 e. The molecule has 0 saturated carbocycles. The van der Waals surface area contributed by atoms with E-state index in [4.69, 9.17) is 4.74 Å². The largest absolute Gasteiger partial charge is 0.436 e. The molecule has 0 atom stereocenters. The number of aryl methyl sites for hydroxylation is 1. The lowest BCUT2D eigenvalue weighted by atomic mass is 10.3. The number of ether oxygens (including phenoxy) is 1. The molecule has 3 nitrogen and oxygen atoms in total. The molecule has 5 heteroatoms. The highest BCUT2D eigenvalue weighted by Gasteiger charge is 2.06. The number of benzene rings is 1. The Kier molecular flexibility index (Phi) is 3.14. The van der Waals surface area contributed by atoms with Crippen LogP contribution in [0.25, 0.3) is 0 Å². The van der Waals surface area contributed by atoms with Crippen molar-refractivity contribution in [1.82, 2.24) is 9.97 Å². The van der Waals surface area contributed by atoms with E-state index >= 15 is 0 Å². The molecule has 0 aliphatic carbocycles. The Morgan fingerprint density at radius 3 is 2.69 bits per heavy atom. The number of rotatable bonds is 2. The van der Waals surface area contributed by atoms with Crippen molar-refractivity contribution >= 4 is 15.9 Å². The average molecular weight is 283 g/mol. The van der Waals surface area contributed by atoms with Gasteiger partial charge in [0, 0.05) is 6.07 Å². The summed E-state index contributed by atoms with van der Waals surface area (Å²) in [6.07, 6.45) is 0. The van der Waals surface area contributed by atoms with Crippen LogP contribution in [0.4, 0.5) is 4.39 Å². The SMILES string of the molecule is Cc1nc(Br)cc(Oc2ccccc2F)n1. The van der Waals surface area contributed by atoms with Crippen LogP contribution in [-0.4, -0.2) is 9.97 Å². The number of hydrogen-bond donors (Lipinski definition) is 0. The molecule has 16 heavy (non-hydrogen) atoms. The Labute approximate surface area is 100 Å². The fourth-order valence-corrected chi connectivity index (χ4v) is 1.65. The van der Waals surface area contributed by atoms with Crippen molar-refractivity contribution in [2.45, 2.75) is 6.92 Å². The molecule has 0 aliphatic rings.